The van der Waals surface area contributed by atoms with Crippen molar-refractivity contribution in [3.63, 3.8) is 0 Å². The van der Waals surface area contributed by atoms with Gasteiger partial charge in [-0.1, -0.05) is 20.8 Å². The lowest BCUT2D eigenvalue weighted by molar-refractivity contribution is 0.358. The molecule has 1 aromatic rings. The molecule has 14 heavy (non-hydrogen) atoms. The number of nitrogens with zero attached hydrogens (tertiary/aromatic N) is 2. The van der Waals surface area contributed by atoms with Gasteiger partial charge < -0.3 is 5.32 Å². The topological polar surface area (TPSA) is 37.8 Å². The molecule has 0 saturated carbocycles. The van der Waals surface area contributed by atoms with Crippen LogP contribution in [-0.2, 0) is 0 Å². The predicted molar refractivity (Wildman–Crippen MR) is 54.5 cm³/mol. The zero-order valence-corrected chi connectivity index (χ0v) is 9.00. The Morgan fingerprint density at radius 2 is 2.00 bits per heavy atom. The quantitative estimate of drug-likeness (QED) is 0.740. The van der Waals surface area contributed by atoms with Gasteiger partial charge in [-0.2, -0.15) is 4.39 Å². The Balaban J connectivity index is 2.70. The highest BCUT2D eigenvalue weighted by atomic mass is 19.1. The SMILES string of the molecule is CC(Nc1cc(F)ncn1)C(C)(C)C. The third kappa shape index (κ3) is 2.94. The molecule has 0 amide bonds. The minimum absolute atomic E-state index is 0.113. The number of nitrogens with one attached hydrogen (secondary N) is 1. The van der Waals surface area contributed by atoms with E-state index in [2.05, 4.69) is 36.1 Å². The molecule has 1 rings (SSSR count). The van der Waals surface area contributed by atoms with Gasteiger partial charge in [0.2, 0.25) is 5.95 Å². The molecular formula is C10H16FN3. The van der Waals surface area contributed by atoms with Crippen molar-refractivity contribution in [2.45, 2.75) is 33.7 Å². The van der Waals surface area contributed by atoms with Gasteiger partial charge in [0.05, 0.1) is 0 Å². The van der Waals surface area contributed by atoms with E-state index in [4.69, 9.17) is 0 Å². The van der Waals surface area contributed by atoms with Crippen LogP contribution in [0.5, 0.6) is 0 Å². The second-order valence-corrected chi connectivity index (χ2v) is 4.46. The molecule has 0 saturated heterocycles. The van der Waals surface area contributed by atoms with Crippen molar-refractivity contribution in [1.29, 1.82) is 0 Å². The number of anilines is 1. The maximum Gasteiger partial charge on any atom is 0.217 e. The molecule has 4 heteroatoms. The van der Waals surface area contributed by atoms with Crippen molar-refractivity contribution in [2.24, 2.45) is 5.41 Å². The van der Waals surface area contributed by atoms with Gasteiger partial charge in [0.1, 0.15) is 12.1 Å². The van der Waals surface area contributed by atoms with E-state index in [0.29, 0.717) is 5.82 Å². The van der Waals surface area contributed by atoms with Crippen molar-refractivity contribution in [1.82, 2.24) is 9.97 Å². The number of rotatable bonds is 2. The van der Waals surface area contributed by atoms with Gasteiger partial charge in [-0.05, 0) is 12.3 Å². The molecule has 3 nitrogen and oxygen atoms in total. The second kappa shape index (κ2) is 3.90. The Kier molecular flexibility index (Phi) is 3.03. The van der Waals surface area contributed by atoms with Crippen molar-refractivity contribution < 1.29 is 4.39 Å². The number of hydrogen-bond donors (Lipinski definition) is 1. The van der Waals surface area contributed by atoms with Crippen molar-refractivity contribution in [3.8, 4) is 0 Å². The van der Waals surface area contributed by atoms with Crippen molar-refractivity contribution in [3.05, 3.63) is 18.3 Å². The van der Waals surface area contributed by atoms with E-state index in [0.717, 1.165) is 0 Å². The average Bonchev–Trinajstić information content (AvgIpc) is 2.02. The number of aromatic nitrogens is 2. The summed E-state index contributed by atoms with van der Waals surface area (Å²) in [6.07, 6.45) is 1.22. The van der Waals surface area contributed by atoms with Gasteiger partial charge in [0.15, 0.2) is 0 Å². The molecule has 0 aliphatic heterocycles. The van der Waals surface area contributed by atoms with Crippen LogP contribution in [-0.4, -0.2) is 16.0 Å². The molecule has 1 N–H and O–H groups in total. The van der Waals surface area contributed by atoms with E-state index in [1.807, 2.05) is 6.92 Å². The molecule has 1 heterocycles. The summed E-state index contributed by atoms with van der Waals surface area (Å²) in [6, 6.07) is 1.51. The normalized spacial score (nSPS) is 13.8. The van der Waals surface area contributed by atoms with Crippen molar-refractivity contribution >= 4 is 5.82 Å². The molecule has 0 fully saturated rings. The second-order valence-electron chi connectivity index (χ2n) is 4.46. The molecule has 0 aliphatic rings. The van der Waals surface area contributed by atoms with Gasteiger partial charge in [-0.25, -0.2) is 9.97 Å². The molecule has 0 bridgehead atoms. The highest BCUT2D eigenvalue weighted by Gasteiger charge is 2.19. The first-order chi connectivity index (χ1) is 6.39. The molecule has 1 unspecified atom stereocenters. The standard InChI is InChI=1S/C10H16FN3/c1-7(10(2,3)4)14-9-5-8(11)12-6-13-9/h5-7H,1-4H3,(H,12,13,14). The first-order valence-electron chi connectivity index (χ1n) is 4.63. The summed E-state index contributed by atoms with van der Waals surface area (Å²) >= 11 is 0. The smallest absolute Gasteiger partial charge is 0.217 e. The molecule has 1 aromatic heterocycles. The Morgan fingerprint density at radius 3 is 2.50 bits per heavy atom. The minimum atomic E-state index is -0.511. The Morgan fingerprint density at radius 1 is 1.36 bits per heavy atom. The molecule has 0 aromatic carbocycles. The lowest BCUT2D eigenvalue weighted by Gasteiger charge is -2.28. The number of hydrogen-bond acceptors (Lipinski definition) is 3. The highest BCUT2D eigenvalue weighted by molar-refractivity contribution is 5.33. The third-order valence-electron chi connectivity index (χ3n) is 2.30. The fourth-order valence-electron chi connectivity index (χ4n) is 0.851. The fraction of sp³-hybridized carbons (Fsp3) is 0.600. The van der Waals surface area contributed by atoms with Gasteiger partial charge in [-0.15, -0.1) is 0 Å². The van der Waals surface area contributed by atoms with Crippen LogP contribution >= 0.6 is 0 Å². The van der Waals surface area contributed by atoms with E-state index < -0.39 is 5.95 Å². The Labute approximate surface area is 83.8 Å². The van der Waals surface area contributed by atoms with Crippen LogP contribution in [0.2, 0.25) is 0 Å². The fourth-order valence-corrected chi connectivity index (χ4v) is 0.851. The molecular weight excluding hydrogens is 181 g/mol. The van der Waals surface area contributed by atoms with Crippen LogP contribution in [0, 0.1) is 11.4 Å². The van der Waals surface area contributed by atoms with E-state index >= 15 is 0 Å². The van der Waals surface area contributed by atoms with Gasteiger partial charge >= 0.3 is 0 Å². The van der Waals surface area contributed by atoms with E-state index in [1.54, 1.807) is 0 Å². The Hall–Kier alpha value is -1.19. The summed E-state index contributed by atoms with van der Waals surface area (Å²) in [6.45, 7) is 8.38. The molecule has 0 radical (unpaired) electrons. The molecule has 0 spiro atoms. The van der Waals surface area contributed by atoms with Crippen LogP contribution in [0.4, 0.5) is 10.2 Å². The highest BCUT2D eigenvalue weighted by Crippen LogP contribution is 2.21. The maximum atomic E-state index is 12.7. The van der Waals surface area contributed by atoms with Crippen molar-refractivity contribution in [2.75, 3.05) is 5.32 Å². The minimum Gasteiger partial charge on any atom is -0.367 e. The van der Waals surface area contributed by atoms with E-state index in [9.17, 15) is 4.39 Å². The van der Waals surface area contributed by atoms with Gasteiger partial charge in [-0.3, -0.25) is 0 Å². The van der Waals surface area contributed by atoms with Crippen LogP contribution in [0.25, 0.3) is 0 Å². The van der Waals surface area contributed by atoms with Gasteiger partial charge in [0.25, 0.3) is 0 Å². The van der Waals surface area contributed by atoms with E-state index in [1.165, 1.54) is 12.4 Å². The lowest BCUT2D eigenvalue weighted by atomic mass is 9.88. The van der Waals surface area contributed by atoms with E-state index in [-0.39, 0.29) is 11.5 Å². The zero-order chi connectivity index (χ0) is 10.8. The summed E-state index contributed by atoms with van der Waals surface area (Å²) in [5, 5.41) is 3.13. The summed E-state index contributed by atoms with van der Waals surface area (Å²) in [7, 11) is 0. The predicted octanol–water partition coefficient (Wildman–Crippen LogP) is 2.46. The third-order valence-corrected chi connectivity index (χ3v) is 2.30. The number of halogens is 1. The lowest BCUT2D eigenvalue weighted by Crippen LogP contribution is -2.31. The van der Waals surface area contributed by atoms with Crippen LogP contribution in [0.1, 0.15) is 27.7 Å². The Bertz CT molecular complexity index is 306. The summed E-state index contributed by atoms with van der Waals surface area (Å²) in [4.78, 5) is 7.32. The summed E-state index contributed by atoms with van der Waals surface area (Å²) < 4.78 is 12.7. The monoisotopic (exact) mass is 197 g/mol. The van der Waals surface area contributed by atoms with Crippen LogP contribution in [0.15, 0.2) is 12.4 Å². The molecule has 0 aliphatic carbocycles. The first kappa shape index (κ1) is 10.9. The largest absolute Gasteiger partial charge is 0.367 e. The maximum absolute atomic E-state index is 12.7. The molecule has 1 atom stereocenters. The average molecular weight is 197 g/mol. The first-order valence-corrected chi connectivity index (χ1v) is 4.63. The zero-order valence-electron chi connectivity index (χ0n) is 9.00. The van der Waals surface area contributed by atoms with Gasteiger partial charge in [0, 0.05) is 12.1 Å². The summed E-state index contributed by atoms with van der Waals surface area (Å²) in [5.41, 5.74) is 0.113. The summed E-state index contributed by atoms with van der Waals surface area (Å²) in [5.74, 6) is 0.0172. The van der Waals surface area contributed by atoms with Crippen LogP contribution in [0.3, 0.4) is 0 Å². The molecule has 78 valence electrons. The van der Waals surface area contributed by atoms with Crippen LogP contribution < -0.4 is 5.32 Å².